The van der Waals surface area contributed by atoms with Gasteiger partial charge < -0.3 is 20.7 Å². The molecule has 1 atom stereocenters. The van der Waals surface area contributed by atoms with Gasteiger partial charge in [0, 0.05) is 43.5 Å². The molecule has 0 bridgehead atoms. The Balaban J connectivity index is 1.65. The number of cyclic esters (lactones) is 1. The molecular formula is C21H25F4N7O5. The molecule has 202 valence electrons. The topological polar surface area (TPSA) is 149 Å². The van der Waals surface area contributed by atoms with Gasteiger partial charge in [0.25, 0.3) is 11.8 Å². The highest BCUT2D eigenvalue weighted by atomic mass is 19.3. The van der Waals surface area contributed by atoms with Crippen molar-refractivity contribution in [1.29, 1.82) is 0 Å². The van der Waals surface area contributed by atoms with Crippen molar-refractivity contribution >= 4 is 35.3 Å². The second kappa shape index (κ2) is 11.8. The molecule has 5 amide bonds. The maximum Gasteiger partial charge on any atom is 0.414 e. The largest absolute Gasteiger partial charge is 0.442 e. The number of benzene rings is 1. The van der Waals surface area contributed by atoms with Crippen molar-refractivity contribution in [3.8, 4) is 0 Å². The van der Waals surface area contributed by atoms with Gasteiger partial charge in [-0.2, -0.15) is 8.78 Å². The number of hydrogen-bond acceptors (Lipinski definition) is 8. The second-order valence-electron chi connectivity index (χ2n) is 8.15. The quantitative estimate of drug-likeness (QED) is 0.305. The molecule has 0 aliphatic carbocycles. The fraction of sp³-hybridized carbons (Fsp3) is 0.429. The van der Waals surface area contributed by atoms with Crippen LogP contribution in [0.5, 0.6) is 0 Å². The van der Waals surface area contributed by atoms with E-state index in [2.05, 4.69) is 10.7 Å². The number of urea groups is 1. The Morgan fingerprint density at radius 2 is 1.89 bits per heavy atom. The average Bonchev–Trinajstić information content (AvgIpc) is 3.01. The summed E-state index contributed by atoms with van der Waals surface area (Å²) in [5, 5.41) is 5.11. The maximum absolute atomic E-state index is 15.0. The van der Waals surface area contributed by atoms with Crippen molar-refractivity contribution in [2.24, 2.45) is 5.73 Å². The number of nitrogens with zero attached hydrogens (tertiary/aromatic N) is 3. The molecule has 0 radical (unpaired) electrons. The summed E-state index contributed by atoms with van der Waals surface area (Å²) in [6, 6.07) is 1.07. The maximum atomic E-state index is 15.0. The van der Waals surface area contributed by atoms with E-state index in [1.165, 1.54) is 11.8 Å². The summed E-state index contributed by atoms with van der Waals surface area (Å²) >= 11 is 0. The molecule has 1 aromatic carbocycles. The first-order valence-electron chi connectivity index (χ1n) is 11.0. The average molecular weight is 531 g/mol. The van der Waals surface area contributed by atoms with Crippen LogP contribution in [0.3, 0.4) is 0 Å². The van der Waals surface area contributed by atoms with Crippen LogP contribution in [0.1, 0.15) is 6.92 Å². The van der Waals surface area contributed by atoms with Crippen LogP contribution in [0.2, 0.25) is 0 Å². The van der Waals surface area contributed by atoms with Crippen molar-refractivity contribution in [2.45, 2.75) is 19.5 Å². The Morgan fingerprint density at radius 1 is 1.22 bits per heavy atom. The van der Waals surface area contributed by atoms with Crippen LogP contribution in [0, 0.1) is 11.6 Å². The second-order valence-corrected chi connectivity index (χ2v) is 8.15. The van der Waals surface area contributed by atoms with Crippen LogP contribution in [-0.4, -0.2) is 80.7 Å². The number of carbonyl (C=O) groups is 4. The monoisotopic (exact) mass is 531 g/mol. The first-order valence-corrected chi connectivity index (χ1v) is 11.0. The van der Waals surface area contributed by atoms with Crippen LogP contribution in [0.25, 0.3) is 0 Å². The highest BCUT2D eigenvalue weighted by Crippen LogP contribution is 2.31. The van der Waals surface area contributed by atoms with Crippen LogP contribution >= 0.6 is 0 Å². The molecular weight excluding hydrogens is 506 g/mol. The van der Waals surface area contributed by atoms with Gasteiger partial charge in [0.1, 0.15) is 11.8 Å². The van der Waals surface area contributed by atoms with E-state index in [-0.39, 0.29) is 49.8 Å². The van der Waals surface area contributed by atoms with Gasteiger partial charge in [0.15, 0.2) is 11.6 Å². The Kier molecular flexibility index (Phi) is 8.75. The number of hydrazine groups is 1. The normalized spacial score (nSPS) is 18.5. The Labute approximate surface area is 208 Å². The third-order valence-electron chi connectivity index (χ3n) is 5.32. The van der Waals surface area contributed by atoms with E-state index in [1.54, 1.807) is 0 Å². The van der Waals surface area contributed by atoms with E-state index in [4.69, 9.17) is 10.5 Å². The first kappa shape index (κ1) is 27.5. The number of imide groups is 1. The summed E-state index contributed by atoms with van der Waals surface area (Å²) < 4.78 is 59.6. The van der Waals surface area contributed by atoms with Gasteiger partial charge in [-0.1, -0.05) is 0 Å². The molecule has 1 aromatic rings. The van der Waals surface area contributed by atoms with E-state index in [1.807, 2.05) is 5.32 Å². The lowest BCUT2D eigenvalue weighted by molar-refractivity contribution is -0.132. The van der Waals surface area contributed by atoms with E-state index in [0.29, 0.717) is 0 Å². The van der Waals surface area contributed by atoms with Crippen LogP contribution < -0.4 is 31.6 Å². The van der Waals surface area contributed by atoms with Crippen molar-refractivity contribution in [3.05, 3.63) is 35.5 Å². The highest BCUT2D eigenvalue weighted by Gasteiger charge is 2.34. The van der Waals surface area contributed by atoms with Crippen LogP contribution in [-0.2, 0) is 14.3 Å². The highest BCUT2D eigenvalue weighted by molar-refractivity contribution is 6.00. The summed E-state index contributed by atoms with van der Waals surface area (Å²) in [7, 11) is 0. The van der Waals surface area contributed by atoms with Gasteiger partial charge in [-0.05, 0) is 6.92 Å². The molecule has 0 spiro atoms. The summed E-state index contributed by atoms with van der Waals surface area (Å²) in [5.74, 6) is -4.24. The number of amides is 5. The molecule has 2 aliphatic heterocycles. The zero-order chi connectivity index (χ0) is 27.3. The zero-order valence-corrected chi connectivity index (χ0v) is 19.6. The Bertz CT molecular complexity index is 1080. The van der Waals surface area contributed by atoms with Crippen molar-refractivity contribution in [1.82, 2.24) is 21.1 Å². The first-order chi connectivity index (χ1) is 17.5. The van der Waals surface area contributed by atoms with Crippen molar-refractivity contribution in [2.75, 3.05) is 49.1 Å². The summed E-state index contributed by atoms with van der Waals surface area (Å²) in [5.41, 5.74) is 7.80. The van der Waals surface area contributed by atoms with Gasteiger partial charge >= 0.3 is 18.5 Å². The Morgan fingerprint density at radius 3 is 2.51 bits per heavy atom. The van der Waals surface area contributed by atoms with Gasteiger partial charge in [-0.15, -0.1) is 0 Å². The predicted molar refractivity (Wildman–Crippen MR) is 121 cm³/mol. The van der Waals surface area contributed by atoms with E-state index < -0.39 is 54.6 Å². The molecule has 2 saturated heterocycles. The van der Waals surface area contributed by atoms with Crippen LogP contribution in [0.15, 0.2) is 23.9 Å². The minimum absolute atomic E-state index is 0.00518. The number of ether oxygens (including phenoxy) is 1. The number of alkyl halides is 2. The number of rotatable bonds is 6. The molecule has 3 rings (SSSR count). The number of halogens is 4. The molecule has 5 N–H and O–H groups in total. The lowest BCUT2D eigenvalue weighted by atomic mass is 10.2. The third-order valence-corrected chi connectivity index (χ3v) is 5.32. The fourth-order valence-corrected chi connectivity index (χ4v) is 3.68. The van der Waals surface area contributed by atoms with Crippen LogP contribution in [0.4, 0.5) is 38.5 Å². The zero-order valence-electron chi connectivity index (χ0n) is 19.6. The number of carbonyl (C=O) groups excluding carboxylic acids is 4. The molecule has 0 saturated carbocycles. The van der Waals surface area contributed by atoms with E-state index in [0.717, 1.165) is 28.1 Å². The number of nitrogens with two attached hydrogens (primary N) is 1. The minimum atomic E-state index is -3.24. The molecule has 1 unspecified atom stereocenters. The summed E-state index contributed by atoms with van der Waals surface area (Å²) in [4.78, 5) is 49.4. The van der Waals surface area contributed by atoms with E-state index >= 15 is 8.78 Å². The third kappa shape index (κ3) is 6.99. The molecule has 37 heavy (non-hydrogen) atoms. The van der Waals surface area contributed by atoms with Gasteiger partial charge in [0.2, 0.25) is 0 Å². The lowest BCUT2D eigenvalue weighted by Crippen LogP contribution is -2.50. The van der Waals surface area contributed by atoms with Crippen molar-refractivity contribution < 1.29 is 41.5 Å². The molecule has 0 aromatic heterocycles. The Hall–Kier alpha value is -4.08. The van der Waals surface area contributed by atoms with Gasteiger partial charge in [-0.3, -0.25) is 24.8 Å². The summed E-state index contributed by atoms with van der Waals surface area (Å²) in [6.45, 7) is 1.04. The number of nitrogens with one attached hydrogen (secondary N) is 3. The SMILES string of the molecule is CC(N)=CC(=O)NC(=O)N1CCN(c2c(F)cc(N3CC(CNC(=O)C(F)F)OC3=O)cc2F)CCN1. The molecule has 12 nitrogen and oxygen atoms in total. The van der Waals surface area contributed by atoms with Gasteiger partial charge in [0.05, 0.1) is 25.3 Å². The smallest absolute Gasteiger partial charge is 0.414 e. The number of allylic oxidation sites excluding steroid dienone is 1. The van der Waals surface area contributed by atoms with E-state index in [9.17, 15) is 28.0 Å². The molecule has 16 heteroatoms. The predicted octanol–water partition coefficient (Wildman–Crippen LogP) is 0.397. The molecule has 2 aliphatic rings. The standard InChI is InChI=1S/C21H25F4N7O5/c1-11(26)6-16(33)29-20(35)32-5-4-30(3-2-28-32)17-14(22)7-12(8-15(17)23)31-10-13(37-21(31)36)9-27-19(34)18(24)25/h6-8,13,18,28H,2-5,9-10,26H2,1H3,(H,27,34)(H,29,33,35). The molecule has 2 fully saturated rings. The van der Waals surface area contributed by atoms with Crippen molar-refractivity contribution in [3.63, 3.8) is 0 Å². The minimum Gasteiger partial charge on any atom is -0.442 e. The number of anilines is 2. The summed E-state index contributed by atoms with van der Waals surface area (Å²) in [6.07, 6.45) is -4.16. The lowest BCUT2D eigenvalue weighted by Gasteiger charge is -2.25. The molecule has 2 heterocycles. The fourth-order valence-electron chi connectivity index (χ4n) is 3.68. The number of hydrogen-bond donors (Lipinski definition) is 4. The van der Waals surface area contributed by atoms with Gasteiger partial charge in [-0.25, -0.2) is 23.8 Å².